The Morgan fingerprint density at radius 2 is 1.27 bits per heavy atom. The molecule has 0 spiro atoms. The number of nitrogens with zero attached hydrogens (tertiary/aromatic N) is 1. The predicted octanol–water partition coefficient (Wildman–Crippen LogP) is 11.0. The van der Waals surface area contributed by atoms with Gasteiger partial charge < -0.3 is 14.3 Å². The minimum atomic E-state index is -2.20. The van der Waals surface area contributed by atoms with Gasteiger partial charge >= 0.3 is 0 Å². The first-order valence-electron chi connectivity index (χ1n) is 16.7. The van der Waals surface area contributed by atoms with Gasteiger partial charge in [-0.3, -0.25) is 0 Å². The molecule has 1 N–H and O–H groups in total. The Morgan fingerprint density at radius 3 is 1.71 bits per heavy atom. The summed E-state index contributed by atoms with van der Waals surface area (Å²) < 4.78 is 26.4. The zero-order valence-corrected chi connectivity index (χ0v) is 28.4. The SMILES string of the molecule is CCCCCCCCCCCCCCCCCCC[C@@H](O)[C@H](OCc1cc(F)cc(C#N)c1)O[Si](C)(C)C(C)(C)C. The van der Waals surface area contributed by atoms with Gasteiger partial charge in [-0.1, -0.05) is 137 Å². The highest BCUT2D eigenvalue weighted by Gasteiger charge is 2.41. The lowest BCUT2D eigenvalue weighted by Crippen LogP contribution is -2.48. The molecule has 0 aliphatic carbocycles. The Morgan fingerprint density at radius 1 is 0.805 bits per heavy atom. The van der Waals surface area contributed by atoms with Crippen molar-refractivity contribution in [3.8, 4) is 6.07 Å². The van der Waals surface area contributed by atoms with Gasteiger partial charge in [-0.05, 0) is 48.3 Å². The maximum atomic E-state index is 13.9. The van der Waals surface area contributed by atoms with Crippen LogP contribution in [-0.4, -0.2) is 25.8 Å². The molecule has 0 aromatic heterocycles. The summed E-state index contributed by atoms with van der Waals surface area (Å²) in [6.45, 7) is 13.1. The summed E-state index contributed by atoms with van der Waals surface area (Å²) in [6.07, 6.45) is 21.6. The van der Waals surface area contributed by atoms with Crippen molar-refractivity contribution in [1.82, 2.24) is 0 Å². The highest BCUT2D eigenvalue weighted by molar-refractivity contribution is 6.74. The molecular formula is C35H62FNO3Si. The van der Waals surface area contributed by atoms with E-state index in [1.165, 1.54) is 108 Å². The van der Waals surface area contributed by atoms with Crippen molar-refractivity contribution in [3.63, 3.8) is 0 Å². The molecule has 0 bridgehead atoms. The lowest BCUT2D eigenvalue weighted by atomic mass is 10.0. The van der Waals surface area contributed by atoms with Crippen molar-refractivity contribution in [2.24, 2.45) is 0 Å². The maximum absolute atomic E-state index is 13.9. The standard InChI is InChI=1S/C35H62FNO3Si/c1-7-8-9-10-11-12-13-14-15-16-17-18-19-20-21-22-23-24-33(38)34(40-41(5,6)35(2,3)4)39-29-31-25-30(28-37)26-32(36)27-31/h25-27,33-34,38H,7-24,29H2,1-6H3/t33-,34-/m1/s1. The fraction of sp³-hybridized carbons (Fsp3) is 0.800. The quantitative estimate of drug-likeness (QED) is 0.0738. The summed E-state index contributed by atoms with van der Waals surface area (Å²) in [6, 6.07) is 6.18. The molecule has 1 rings (SSSR count). The Kier molecular flexibility index (Phi) is 19.7. The molecule has 0 saturated carbocycles. The van der Waals surface area contributed by atoms with Gasteiger partial charge in [-0.25, -0.2) is 4.39 Å². The van der Waals surface area contributed by atoms with E-state index in [0.717, 1.165) is 12.8 Å². The fourth-order valence-electron chi connectivity index (χ4n) is 4.88. The number of hydrogen-bond donors (Lipinski definition) is 1. The second-order valence-corrected chi connectivity index (χ2v) is 18.3. The molecule has 0 radical (unpaired) electrons. The number of hydrogen-bond acceptors (Lipinski definition) is 4. The molecule has 0 fully saturated rings. The molecule has 0 aliphatic rings. The van der Waals surface area contributed by atoms with Crippen molar-refractivity contribution in [1.29, 1.82) is 5.26 Å². The van der Waals surface area contributed by atoms with Crippen molar-refractivity contribution < 1.29 is 18.7 Å². The van der Waals surface area contributed by atoms with Crippen LogP contribution in [0.5, 0.6) is 0 Å². The number of benzene rings is 1. The van der Waals surface area contributed by atoms with Gasteiger partial charge in [0, 0.05) is 0 Å². The molecule has 1 aromatic rings. The molecule has 4 nitrogen and oxygen atoms in total. The first-order valence-corrected chi connectivity index (χ1v) is 19.6. The average molecular weight is 592 g/mol. The van der Waals surface area contributed by atoms with Gasteiger partial charge in [-0.15, -0.1) is 0 Å². The van der Waals surface area contributed by atoms with Gasteiger partial charge in [0.25, 0.3) is 0 Å². The van der Waals surface area contributed by atoms with E-state index in [4.69, 9.17) is 14.4 Å². The van der Waals surface area contributed by atoms with Crippen LogP contribution >= 0.6 is 0 Å². The van der Waals surface area contributed by atoms with E-state index < -0.39 is 26.5 Å². The van der Waals surface area contributed by atoms with Crippen molar-refractivity contribution >= 4 is 8.32 Å². The summed E-state index contributed by atoms with van der Waals surface area (Å²) in [7, 11) is -2.20. The van der Waals surface area contributed by atoms with Crippen molar-refractivity contribution in [3.05, 3.63) is 35.1 Å². The average Bonchev–Trinajstić information content (AvgIpc) is 2.91. The number of aliphatic hydroxyl groups is 1. The summed E-state index contributed by atoms with van der Waals surface area (Å²) in [5, 5.41) is 20.2. The largest absolute Gasteiger partial charge is 0.390 e. The first-order chi connectivity index (χ1) is 19.5. The third-order valence-corrected chi connectivity index (χ3v) is 13.1. The third kappa shape index (κ3) is 17.4. The maximum Gasteiger partial charge on any atom is 0.195 e. The normalized spacial score (nSPS) is 13.7. The highest BCUT2D eigenvalue weighted by Crippen LogP contribution is 2.38. The molecule has 0 unspecified atom stereocenters. The molecule has 0 heterocycles. The number of nitriles is 1. The van der Waals surface area contributed by atoms with Crippen molar-refractivity contribution in [2.75, 3.05) is 0 Å². The van der Waals surface area contributed by atoms with Crippen LogP contribution in [0.3, 0.4) is 0 Å². The molecule has 0 amide bonds. The van der Waals surface area contributed by atoms with E-state index in [9.17, 15) is 9.50 Å². The molecule has 0 aliphatic heterocycles. The molecule has 236 valence electrons. The van der Waals surface area contributed by atoms with Gasteiger partial charge in [-0.2, -0.15) is 5.26 Å². The molecule has 41 heavy (non-hydrogen) atoms. The first kappa shape index (κ1) is 37.8. The topological polar surface area (TPSA) is 62.5 Å². The van der Waals surface area contributed by atoms with Gasteiger partial charge in [0.15, 0.2) is 14.6 Å². The molecule has 6 heteroatoms. The lowest BCUT2D eigenvalue weighted by Gasteiger charge is -2.40. The number of ether oxygens (including phenoxy) is 1. The second kappa shape index (κ2) is 21.4. The van der Waals surface area contributed by atoms with Crippen LogP contribution in [0, 0.1) is 17.1 Å². The monoisotopic (exact) mass is 591 g/mol. The zero-order chi connectivity index (χ0) is 30.6. The van der Waals surface area contributed by atoms with Crippen LogP contribution in [0.25, 0.3) is 0 Å². The summed E-state index contributed by atoms with van der Waals surface area (Å²) in [4.78, 5) is 0. The van der Waals surface area contributed by atoms with Crippen LogP contribution in [0.1, 0.15) is 154 Å². The minimum absolute atomic E-state index is 0.0327. The Balaban J connectivity index is 2.30. The van der Waals surface area contributed by atoms with E-state index in [2.05, 4.69) is 40.8 Å². The van der Waals surface area contributed by atoms with E-state index in [1.807, 2.05) is 6.07 Å². The molecule has 2 atom stereocenters. The zero-order valence-electron chi connectivity index (χ0n) is 27.4. The Hall–Kier alpha value is -1.26. The summed E-state index contributed by atoms with van der Waals surface area (Å²) in [5.74, 6) is -0.464. The van der Waals surface area contributed by atoms with Gasteiger partial charge in [0.05, 0.1) is 18.2 Å². The van der Waals surface area contributed by atoms with E-state index in [0.29, 0.717) is 12.0 Å². The van der Waals surface area contributed by atoms with Crippen LogP contribution in [-0.2, 0) is 15.8 Å². The van der Waals surface area contributed by atoms with E-state index >= 15 is 0 Å². The number of rotatable bonds is 24. The van der Waals surface area contributed by atoms with Gasteiger partial charge in [0.2, 0.25) is 0 Å². The van der Waals surface area contributed by atoms with E-state index in [-0.39, 0.29) is 17.2 Å². The minimum Gasteiger partial charge on any atom is -0.390 e. The second-order valence-electron chi connectivity index (χ2n) is 13.5. The number of unbranched alkanes of at least 4 members (excludes halogenated alkanes) is 16. The Bertz CT molecular complexity index is 849. The predicted molar refractivity (Wildman–Crippen MR) is 173 cm³/mol. The smallest absolute Gasteiger partial charge is 0.195 e. The summed E-state index contributed by atoms with van der Waals surface area (Å²) >= 11 is 0. The third-order valence-electron chi connectivity index (χ3n) is 8.64. The summed E-state index contributed by atoms with van der Waals surface area (Å²) in [5.41, 5.74) is 0.824. The highest BCUT2D eigenvalue weighted by atomic mass is 28.4. The molecule has 0 saturated heterocycles. The van der Waals surface area contributed by atoms with Crippen molar-refractivity contribution in [2.45, 2.75) is 180 Å². The molecular weight excluding hydrogens is 529 g/mol. The van der Waals surface area contributed by atoms with Crippen LogP contribution in [0.4, 0.5) is 4.39 Å². The fourth-order valence-corrected chi connectivity index (χ4v) is 6.04. The number of aliphatic hydroxyl groups excluding tert-OH is 1. The lowest BCUT2D eigenvalue weighted by molar-refractivity contribution is -0.160. The molecule has 1 aromatic carbocycles. The Labute approximate surface area is 253 Å². The van der Waals surface area contributed by atoms with E-state index in [1.54, 1.807) is 6.07 Å². The van der Waals surface area contributed by atoms with Gasteiger partial charge in [0.1, 0.15) is 11.9 Å². The number of halogens is 1. The van der Waals surface area contributed by atoms with Crippen LogP contribution < -0.4 is 0 Å². The van der Waals surface area contributed by atoms with Crippen LogP contribution in [0.2, 0.25) is 18.1 Å². The van der Waals surface area contributed by atoms with Crippen LogP contribution in [0.15, 0.2) is 18.2 Å².